The highest BCUT2D eigenvalue weighted by atomic mass is 32.3. The molecule has 19 heavy (non-hydrogen) atoms. The van der Waals surface area contributed by atoms with E-state index >= 15 is 0 Å². The fourth-order valence-corrected chi connectivity index (χ4v) is 3.84. The van der Waals surface area contributed by atoms with Gasteiger partial charge in [-0.05, 0) is 19.1 Å². The fraction of sp³-hybridized carbons (Fsp3) is 0.167. The molecule has 1 aromatic carbocycles. The van der Waals surface area contributed by atoms with Crippen LogP contribution < -0.4 is 5.56 Å². The van der Waals surface area contributed by atoms with Gasteiger partial charge in [-0.3, -0.25) is 4.79 Å². The second kappa shape index (κ2) is 5.58. The third kappa shape index (κ3) is 3.68. The predicted octanol–water partition coefficient (Wildman–Crippen LogP) is 1.60. The summed E-state index contributed by atoms with van der Waals surface area (Å²) in [4.78, 5) is 17.7. The zero-order valence-electron chi connectivity index (χ0n) is 10.2. The zero-order valence-corrected chi connectivity index (χ0v) is 11.8. The van der Waals surface area contributed by atoms with E-state index in [1.54, 1.807) is 24.3 Å². The normalized spacial score (nSPS) is 11.4. The molecule has 0 aliphatic carbocycles. The first-order valence-electron chi connectivity index (χ1n) is 5.45. The van der Waals surface area contributed by atoms with E-state index in [0.29, 0.717) is 5.16 Å². The molecule has 2 rings (SSSR count). The van der Waals surface area contributed by atoms with Crippen LogP contribution in [0.2, 0.25) is 0 Å². The van der Waals surface area contributed by atoms with Crippen LogP contribution >= 0.6 is 11.8 Å². The smallest absolute Gasteiger partial charge is 0.251 e. The van der Waals surface area contributed by atoms with Crippen LogP contribution in [-0.2, 0) is 9.84 Å². The molecule has 1 heterocycles. The molecule has 0 spiro atoms. The summed E-state index contributed by atoms with van der Waals surface area (Å²) in [6, 6.07) is 7.93. The molecule has 100 valence electrons. The molecule has 0 fully saturated rings. The molecule has 5 nitrogen and oxygen atoms in total. The first-order chi connectivity index (χ1) is 8.97. The molecular formula is C12H12N2O3S2. The minimum Gasteiger partial charge on any atom is -0.301 e. The van der Waals surface area contributed by atoms with Crippen molar-refractivity contribution in [3.05, 3.63) is 52.4 Å². The van der Waals surface area contributed by atoms with Gasteiger partial charge in [0.15, 0.2) is 15.0 Å². The van der Waals surface area contributed by atoms with E-state index in [0.717, 1.165) is 17.3 Å². The minimum atomic E-state index is -3.39. The standard InChI is InChI=1S/C12H12N2O3S2/c1-9-2-4-10(5-3-9)19(16,17)8-18-12-13-7-6-11(15)14-12/h2-7H,8H2,1H3,(H,13,14,15). The Hall–Kier alpha value is -1.60. The Morgan fingerprint density at radius 3 is 2.53 bits per heavy atom. The topological polar surface area (TPSA) is 79.9 Å². The molecular weight excluding hydrogens is 284 g/mol. The maximum atomic E-state index is 12.1. The number of benzene rings is 1. The number of nitrogens with one attached hydrogen (secondary N) is 1. The number of sulfone groups is 1. The lowest BCUT2D eigenvalue weighted by Gasteiger charge is -2.04. The van der Waals surface area contributed by atoms with Crippen LogP contribution in [-0.4, -0.2) is 23.5 Å². The Morgan fingerprint density at radius 2 is 1.89 bits per heavy atom. The molecule has 2 aromatic rings. The Labute approximate surface area is 115 Å². The first-order valence-corrected chi connectivity index (χ1v) is 8.09. The van der Waals surface area contributed by atoms with Crippen molar-refractivity contribution in [2.45, 2.75) is 17.0 Å². The average Bonchev–Trinajstić information content (AvgIpc) is 2.37. The lowest BCUT2D eigenvalue weighted by atomic mass is 10.2. The van der Waals surface area contributed by atoms with Gasteiger partial charge >= 0.3 is 0 Å². The van der Waals surface area contributed by atoms with Gasteiger partial charge in [-0.1, -0.05) is 29.5 Å². The third-order valence-electron chi connectivity index (χ3n) is 2.38. The van der Waals surface area contributed by atoms with E-state index < -0.39 is 9.84 Å². The highest BCUT2D eigenvalue weighted by Gasteiger charge is 2.15. The molecule has 0 saturated carbocycles. The van der Waals surface area contributed by atoms with E-state index in [9.17, 15) is 13.2 Å². The quantitative estimate of drug-likeness (QED) is 0.685. The lowest BCUT2D eigenvalue weighted by Crippen LogP contribution is -2.08. The van der Waals surface area contributed by atoms with E-state index in [1.165, 1.54) is 12.3 Å². The van der Waals surface area contributed by atoms with Gasteiger partial charge in [-0.25, -0.2) is 13.4 Å². The van der Waals surface area contributed by atoms with Gasteiger partial charge in [-0.15, -0.1) is 0 Å². The Kier molecular flexibility index (Phi) is 4.06. The fourth-order valence-electron chi connectivity index (χ4n) is 1.37. The molecule has 0 saturated heterocycles. The number of H-pyrrole nitrogens is 1. The van der Waals surface area contributed by atoms with Gasteiger partial charge in [0.2, 0.25) is 0 Å². The van der Waals surface area contributed by atoms with Crippen molar-refractivity contribution < 1.29 is 8.42 Å². The van der Waals surface area contributed by atoms with Gasteiger partial charge in [0, 0.05) is 12.3 Å². The molecule has 0 amide bonds. The molecule has 0 atom stereocenters. The highest BCUT2D eigenvalue weighted by Crippen LogP contribution is 2.20. The van der Waals surface area contributed by atoms with E-state index in [4.69, 9.17) is 0 Å². The Morgan fingerprint density at radius 1 is 1.21 bits per heavy atom. The maximum absolute atomic E-state index is 12.1. The van der Waals surface area contributed by atoms with Crippen molar-refractivity contribution in [2.75, 3.05) is 5.08 Å². The second-order valence-corrected chi connectivity index (χ2v) is 7.25. The van der Waals surface area contributed by atoms with E-state index in [-0.39, 0.29) is 15.5 Å². The average molecular weight is 296 g/mol. The van der Waals surface area contributed by atoms with Crippen LogP contribution in [0.25, 0.3) is 0 Å². The summed E-state index contributed by atoms with van der Waals surface area (Å²) in [6.45, 7) is 1.89. The number of aromatic amines is 1. The summed E-state index contributed by atoms with van der Waals surface area (Å²) in [5, 5.41) is 0.131. The van der Waals surface area contributed by atoms with Crippen molar-refractivity contribution in [3.63, 3.8) is 0 Å². The first kappa shape index (κ1) is 13.8. The molecule has 1 N–H and O–H groups in total. The molecule has 0 aliphatic rings. The molecule has 0 aliphatic heterocycles. The number of hydrogen-bond acceptors (Lipinski definition) is 5. The number of thioether (sulfide) groups is 1. The molecule has 0 unspecified atom stereocenters. The van der Waals surface area contributed by atoms with Gasteiger partial charge in [0.05, 0.1) is 4.90 Å². The van der Waals surface area contributed by atoms with E-state index in [2.05, 4.69) is 9.97 Å². The van der Waals surface area contributed by atoms with Crippen LogP contribution in [0.3, 0.4) is 0 Å². The number of hydrogen-bond donors (Lipinski definition) is 1. The summed E-state index contributed by atoms with van der Waals surface area (Å²) >= 11 is 0.986. The van der Waals surface area contributed by atoms with Crippen LogP contribution in [0.15, 0.2) is 51.4 Å². The van der Waals surface area contributed by atoms with Crippen molar-refractivity contribution in [1.29, 1.82) is 0 Å². The summed E-state index contributed by atoms with van der Waals surface area (Å²) < 4.78 is 24.1. The monoisotopic (exact) mass is 296 g/mol. The Bertz CT molecular complexity index is 721. The van der Waals surface area contributed by atoms with Crippen molar-refractivity contribution in [1.82, 2.24) is 9.97 Å². The molecule has 1 aromatic heterocycles. The minimum absolute atomic E-state index is 0.164. The highest BCUT2D eigenvalue weighted by molar-refractivity contribution is 8.12. The molecule has 0 bridgehead atoms. The number of aryl methyl sites for hydroxylation is 1. The largest absolute Gasteiger partial charge is 0.301 e. The third-order valence-corrected chi connectivity index (χ3v) is 5.56. The summed E-state index contributed by atoms with van der Waals surface area (Å²) in [5.41, 5.74) is 0.700. The molecule has 7 heteroatoms. The van der Waals surface area contributed by atoms with Gasteiger partial charge in [0.1, 0.15) is 5.08 Å². The Balaban J connectivity index is 2.14. The number of aromatic nitrogens is 2. The van der Waals surface area contributed by atoms with Gasteiger partial charge in [0.25, 0.3) is 5.56 Å². The van der Waals surface area contributed by atoms with Crippen molar-refractivity contribution >= 4 is 21.6 Å². The summed E-state index contributed by atoms with van der Waals surface area (Å²) in [5.74, 6) is 0. The molecule has 0 radical (unpaired) electrons. The zero-order chi connectivity index (χ0) is 13.9. The summed E-state index contributed by atoms with van der Waals surface area (Å²) in [7, 11) is -3.39. The SMILES string of the molecule is Cc1ccc(S(=O)(=O)CSc2nccc(=O)[nH]2)cc1. The predicted molar refractivity (Wildman–Crippen MR) is 73.9 cm³/mol. The lowest BCUT2D eigenvalue weighted by molar-refractivity contribution is 0.600. The van der Waals surface area contributed by atoms with Crippen LogP contribution in [0.1, 0.15) is 5.56 Å². The summed E-state index contributed by atoms with van der Waals surface area (Å²) in [6.07, 6.45) is 1.35. The van der Waals surface area contributed by atoms with Crippen molar-refractivity contribution in [3.8, 4) is 0 Å². The van der Waals surface area contributed by atoms with Crippen molar-refractivity contribution in [2.24, 2.45) is 0 Å². The van der Waals surface area contributed by atoms with Crippen LogP contribution in [0, 0.1) is 6.92 Å². The number of rotatable bonds is 4. The van der Waals surface area contributed by atoms with Gasteiger partial charge < -0.3 is 4.98 Å². The maximum Gasteiger partial charge on any atom is 0.251 e. The van der Waals surface area contributed by atoms with Gasteiger partial charge in [-0.2, -0.15) is 0 Å². The van der Waals surface area contributed by atoms with Crippen LogP contribution in [0.5, 0.6) is 0 Å². The second-order valence-electron chi connectivity index (χ2n) is 3.93. The number of nitrogens with zero attached hydrogens (tertiary/aromatic N) is 1. The van der Waals surface area contributed by atoms with Crippen LogP contribution in [0.4, 0.5) is 0 Å². The van der Waals surface area contributed by atoms with E-state index in [1.807, 2.05) is 6.92 Å².